The molecule has 0 saturated heterocycles. The second-order valence-corrected chi connectivity index (χ2v) is 6.28. The van der Waals surface area contributed by atoms with Gasteiger partial charge in [0.1, 0.15) is 5.82 Å². The van der Waals surface area contributed by atoms with Crippen molar-refractivity contribution in [1.29, 1.82) is 0 Å². The molecule has 6 heteroatoms. The lowest BCUT2D eigenvalue weighted by Gasteiger charge is -2.08. The lowest BCUT2D eigenvalue weighted by Crippen LogP contribution is -2.10. The minimum Gasteiger partial charge on any atom is -0.334 e. The number of imidazole rings is 1. The Morgan fingerprint density at radius 2 is 2.16 bits per heavy atom. The lowest BCUT2D eigenvalue weighted by molar-refractivity contribution is 0.585. The lowest BCUT2D eigenvalue weighted by atomic mass is 10.4. The number of aryl methyl sites for hydroxylation is 1. The van der Waals surface area contributed by atoms with Crippen LogP contribution in [0.1, 0.15) is 19.0 Å². The minimum absolute atomic E-state index is 0.00301. The summed E-state index contributed by atoms with van der Waals surface area (Å²) in [6.45, 7) is 2.72. The summed E-state index contributed by atoms with van der Waals surface area (Å²) in [5.41, 5.74) is 0.617. The molecule has 19 heavy (non-hydrogen) atoms. The van der Waals surface area contributed by atoms with Crippen molar-refractivity contribution in [2.45, 2.75) is 30.5 Å². The smallest absolute Gasteiger partial charge is 0.184 e. The van der Waals surface area contributed by atoms with Gasteiger partial charge < -0.3 is 4.57 Å². The van der Waals surface area contributed by atoms with Crippen molar-refractivity contribution in [3.8, 4) is 0 Å². The van der Waals surface area contributed by atoms with Crippen LogP contribution in [-0.4, -0.2) is 18.0 Å². The molecule has 0 aliphatic rings. The van der Waals surface area contributed by atoms with E-state index in [2.05, 4.69) is 4.98 Å². The largest absolute Gasteiger partial charge is 0.334 e. The highest BCUT2D eigenvalue weighted by atomic mass is 32.2. The molecule has 0 amide bonds. The Bertz CT molecular complexity index is 665. The zero-order valence-electron chi connectivity index (χ0n) is 10.6. The van der Waals surface area contributed by atoms with Crippen molar-refractivity contribution in [2.24, 2.45) is 0 Å². The van der Waals surface area contributed by atoms with E-state index >= 15 is 0 Å². The molecule has 0 aliphatic heterocycles. The summed E-state index contributed by atoms with van der Waals surface area (Å²) >= 11 is 0. The third-order valence-corrected chi connectivity index (χ3v) is 4.40. The van der Waals surface area contributed by atoms with Crippen molar-refractivity contribution < 1.29 is 12.8 Å². The molecule has 102 valence electrons. The van der Waals surface area contributed by atoms with E-state index in [0.29, 0.717) is 12.2 Å². The molecule has 4 nitrogen and oxygen atoms in total. The van der Waals surface area contributed by atoms with Crippen LogP contribution in [0.2, 0.25) is 0 Å². The fraction of sp³-hybridized carbons (Fsp3) is 0.308. The molecule has 1 heterocycles. The van der Waals surface area contributed by atoms with Gasteiger partial charge in [0.2, 0.25) is 0 Å². The van der Waals surface area contributed by atoms with Crippen molar-refractivity contribution in [2.75, 3.05) is 0 Å². The van der Waals surface area contributed by atoms with Gasteiger partial charge in [-0.25, -0.2) is 17.8 Å². The van der Waals surface area contributed by atoms with Crippen molar-refractivity contribution in [3.05, 3.63) is 48.3 Å². The molecule has 1 aromatic carbocycles. The predicted octanol–water partition coefficient (Wildman–Crippen LogP) is 2.41. The van der Waals surface area contributed by atoms with E-state index in [4.69, 9.17) is 0 Å². The molecule has 0 spiro atoms. The Balaban J connectivity index is 2.29. The Morgan fingerprint density at radius 1 is 1.37 bits per heavy atom. The van der Waals surface area contributed by atoms with Gasteiger partial charge in [0.05, 0.1) is 22.7 Å². The van der Waals surface area contributed by atoms with Gasteiger partial charge in [-0.2, -0.15) is 0 Å². The molecule has 0 unspecified atom stereocenters. The summed E-state index contributed by atoms with van der Waals surface area (Å²) in [5, 5.41) is 0. The van der Waals surface area contributed by atoms with Crippen LogP contribution in [0.4, 0.5) is 4.39 Å². The summed E-state index contributed by atoms with van der Waals surface area (Å²) in [7, 11) is -3.55. The van der Waals surface area contributed by atoms with Crippen LogP contribution in [0.25, 0.3) is 0 Å². The summed E-state index contributed by atoms with van der Waals surface area (Å²) < 4.78 is 39.3. The summed E-state index contributed by atoms with van der Waals surface area (Å²) in [4.78, 5) is 3.96. The summed E-state index contributed by atoms with van der Waals surface area (Å²) in [6, 6.07) is 5.06. The molecule has 2 aromatic rings. The van der Waals surface area contributed by atoms with Crippen LogP contribution < -0.4 is 0 Å². The molecule has 0 N–H and O–H groups in total. The SMILES string of the molecule is CCCn1cncc1CS(=O)(=O)c1cccc(F)c1. The molecule has 0 fully saturated rings. The standard InChI is InChI=1S/C13H15FN2O2S/c1-2-6-16-10-15-8-12(16)9-19(17,18)13-5-3-4-11(14)7-13/h3-5,7-8,10H,2,6,9H2,1H3. The molecule has 2 rings (SSSR count). The van der Waals surface area contributed by atoms with Gasteiger partial charge in [-0.1, -0.05) is 13.0 Å². The summed E-state index contributed by atoms with van der Waals surface area (Å²) in [6.07, 6.45) is 4.04. The van der Waals surface area contributed by atoms with E-state index in [1.165, 1.54) is 24.4 Å². The van der Waals surface area contributed by atoms with E-state index < -0.39 is 15.7 Å². The highest BCUT2D eigenvalue weighted by Crippen LogP contribution is 2.17. The van der Waals surface area contributed by atoms with Gasteiger partial charge in [-0.3, -0.25) is 0 Å². The van der Waals surface area contributed by atoms with E-state index in [1.54, 1.807) is 10.9 Å². The van der Waals surface area contributed by atoms with Gasteiger partial charge in [0.25, 0.3) is 0 Å². The predicted molar refractivity (Wildman–Crippen MR) is 69.8 cm³/mol. The van der Waals surface area contributed by atoms with Gasteiger partial charge in [0.15, 0.2) is 9.84 Å². The summed E-state index contributed by atoms with van der Waals surface area (Å²) in [5.74, 6) is -0.723. The first kappa shape index (κ1) is 13.7. The highest BCUT2D eigenvalue weighted by molar-refractivity contribution is 7.90. The second kappa shape index (κ2) is 5.52. The number of benzene rings is 1. The maximum Gasteiger partial charge on any atom is 0.184 e. The number of nitrogens with zero attached hydrogens (tertiary/aromatic N) is 2. The van der Waals surface area contributed by atoms with E-state index in [0.717, 1.165) is 12.5 Å². The van der Waals surface area contributed by atoms with Crippen molar-refractivity contribution >= 4 is 9.84 Å². The number of rotatable bonds is 5. The van der Waals surface area contributed by atoms with Crippen LogP contribution in [0.3, 0.4) is 0 Å². The quantitative estimate of drug-likeness (QED) is 0.846. The monoisotopic (exact) mass is 282 g/mol. The zero-order chi connectivity index (χ0) is 13.9. The normalized spacial score (nSPS) is 11.7. The third-order valence-electron chi connectivity index (χ3n) is 2.76. The highest BCUT2D eigenvalue weighted by Gasteiger charge is 2.18. The molecule has 0 bridgehead atoms. The third kappa shape index (κ3) is 3.20. The van der Waals surface area contributed by atoms with Crippen LogP contribution in [0, 0.1) is 5.82 Å². The molecule has 0 atom stereocenters. The molecular formula is C13H15FN2O2S. The average molecular weight is 282 g/mol. The Morgan fingerprint density at radius 3 is 2.84 bits per heavy atom. The Labute approximate surface area is 111 Å². The fourth-order valence-corrected chi connectivity index (χ4v) is 3.22. The molecule has 0 radical (unpaired) electrons. The van der Waals surface area contributed by atoms with Crippen LogP contribution in [0.15, 0.2) is 41.7 Å². The van der Waals surface area contributed by atoms with Crippen molar-refractivity contribution in [3.63, 3.8) is 0 Å². The van der Waals surface area contributed by atoms with Crippen LogP contribution in [0.5, 0.6) is 0 Å². The number of hydrogen-bond donors (Lipinski definition) is 0. The molecule has 0 saturated carbocycles. The first-order valence-corrected chi connectivity index (χ1v) is 7.65. The van der Waals surface area contributed by atoms with Gasteiger partial charge in [-0.15, -0.1) is 0 Å². The maximum absolute atomic E-state index is 13.1. The second-order valence-electron chi connectivity index (χ2n) is 4.29. The number of hydrogen-bond acceptors (Lipinski definition) is 3. The molecule has 0 aliphatic carbocycles. The zero-order valence-corrected chi connectivity index (χ0v) is 11.4. The first-order valence-electron chi connectivity index (χ1n) is 6.00. The van der Waals surface area contributed by atoms with Gasteiger partial charge in [0, 0.05) is 12.7 Å². The number of halogens is 1. The average Bonchev–Trinajstić information content (AvgIpc) is 2.76. The molecule has 1 aromatic heterocycles. The fourth-order valence-electron chi connectivity index (χ4n) is 1.85. The van der Waals surface area contributed by atoms with Gasteiger partial charge >= 0.3 is 0 Å². The molecular weight excluding hydrogens is 267 g/mol. The van der Waals surface area contributed by atoms with E-state index in [1.807, 2.05) is 6.92 Å². The van der Waals surface area contributed by atoms with Gasteiger partial charge in [-0.05, 0) is 24.6 Å². The Kier molecular flexibility index (Phi) is 3.99. The topological polar surface area (TPSA) is 52.0 Å². The number of sulfone groups is 1. The first-order chi connectivity index (χ1) is 9.03. The van der Waals surface area contributed by atoms with E-state index in [-0.39, 0.29) is 10.6 Å². The number of aromatic nitrogens is 2. The van der Waals surface area contributed by atoms with Crippen molar-refractivity contribution in [1.82, 2.24) is 9.55 Å². The Hall–Kier alpha value is -1.69. The van der Waals surface area contributed by atoms with Crippen LogP contribution in [-0.2, 0) is 22.1 Å². The minimum atomic E-state index is -3.55. The van der Waals surface area contributed by atoms with E-state index in [9.17, 15) is 12.8 Å². The maximum atomic E-state index is 13.1. The van der Waals surface area contributed by atoms with Crippen LogP contribution >= 0.6 is 0 Å².